The average molecular weight is 297 g/mol. The van der Waals surface area contributed by atoms with E-state index in [-0.39, 0.29) is 5.82 Å². The molecule has 0 aliphatic carbocycles. The van der Waals surface area contributed by atoms with E-state index in [0.717, 1.165) is 16.6 Å². The molecule has 3 aromatic rings. The topological polar surface area (TPSA) is 41.2 Å². The minimum Gasteiger partial charge on any atom is -0.378 e. The fourth-order valence-electron chi connectivity index (χ4n) is 2.82. The number of ether oxygens (including phenoxy) is 1. The van der Waals surface area contributed by atoms with Crippen LogP contribution in [-0.2, 0) is 4.74 Å². The Balaban J connectivity index is 1.69. The lowest BCUT2D eigenvalue weighted by molar-refractivity contribution is 0.122. The van der Waals surface area contributed by atoms with Crippen LogP contribution in [0.3, 0.4) is 0 Å². The SMILES string of the molecule is Fc1cc(-c2cc3ccccc3[nH]2)ncc1N1CCOCC1. The van der Waals surface area contributed by atoms with Gasteiger partial charge in [0.05, 0.1) is 36.5 Å². The van der Waals surface area contributed by atoms with Crippen LogP contribution >= 0.6 is 0 Å². The van der Waals surface area contributed by atoms with Crippen LogP contribution in [0.15, 0.2) is 42.6 Å². The minimum absolute atomic E-state index is 0.245. The quantitative estimate of drug-likeness (QED) is 0.789. The van der Waals surface area contributed by atoms with Crippen molar-refractivity contribution >= 4 is 16.6 Å². The van der Waals surface area contributed by atoms with Gasteiger partial charge < -0.3 is 14.6 Å². The van der Waals surface area contributed by atoms with E-state index in [1.807, 2.05) is 35.2 Å². The normalized spacial score (nSPS) is 15.4. The van der Waals surface area contributed by atoms with Crippen LogP contribution in [0.4, 0.5) is 10.1 Å². The number of benzene rings is 1. The van der Waals surface area contributed by atoms with E-state index in [1.165, 1.54) is 6.07 Å². The van der Waals surface area contributed by atoms with Crippen molar-refractivity contribution in [2.45, 2.75) is 0 Å². The number of para-hydroxylation sites is 1. The Morgan fingerprint density at radius 1 is 1.14 bits per heavy atom. The van der Waals surface area contributed by atoms with Crippen LogP contribution in [0.25, 0.3) is 22.3 Å². The predicted molar refractivity (Wildman–Crippen MR) is 84.5 cm³/mol. The molecule has 4 nitrogen and oxygen atoms in total. The Morgan fingerprint density at radius 2 is 1.95 bits per heavy atom. The van der Waals surface area contributed by atoms with Gasteiger partial charge in [0.1, 0.15) is 5.82 Å². The summed E-state index contributed by atoms with van der Waals surface area (Å²) in [5.41, 5.74) is 3.01. The number of aromatic amines is 1. The zero-order chi connectivity index (χ0) is 14.9. The van der Waals surface area contributed by atoms with Crippen molar-refractivity contribution < 1.29 is 9.13 Å². The van der Waals surface area contributed by atoms with Crippen LogP contribution < -0.4 is 4.90 Å². The molecule has 0 spiro atoms. The first-order valence-electron chi connectivity index (χ1n) is 7.37. The lowest BCUT2D eigenvalue weighted by Crippen LogP contribution is -2.36. The van der Waals surface area contributed by atoms with Gasteiger partial charge in [-0.2, -0.15) is 0 Å². The molecule has 22 heavy (non-hydrogen) atoms. The first-order chi connectivity index (χ1) is 10.8. The highest BCUT2D eigenvalue weighted by Gasteiger charge is 2.16. The van der Waals surface area contributed by atoms with Crippen LogP contribution in [0, 0.1) is 5.82 Å². The van der Waals surface area contributed by atoms with Gasteiger partial charge in [-0.1, -0.05) is 18.2 Å². The molecule has 1 aliphatic heterocycles. The molecule has 1 fully saturated rings. The van der Waals surface area contributed by atoms with Crippen molar-refractivity contribution in [3.8, 4) is 11.4 Å². The number of H-pyrrole nitrogens is 1. The molecule has 0 unspecified atom stereocenters. The molecule has 1 saturated heterocycles. The molecule has 0 bridgehead atoms. The number of halogens is 1. The molecule has 4 rings (SSSR count). The van der Waals surface area contributed by atoms with Gasteiger partial charge in [-0.05, 0) is 12.1 Å². The lowest BCUT2D eigenvalue weighted by atomic mass is 10.2. The average Bonchev–Trinajstić information content (AvgIpc) is 2.99. The van der Waals surface area contributed by atoms with Gasteiger partial charge in [0, 0.05) is 30.1 Å². The largest absolute Gasteiger partial charge is 0.378 e. The second-order valence-corrected chi connectivity index (χ2v) is 5.39. The maximum absolute atomic E-state index is 14.4. The molecule has 1 aliphatic rings. The molecule has 5 heteroatoms. The van der Waals surface area contributed by atoms with Gasteiger partial charge in [-0.3, -0.25) is 4.98 Å². The van der Waals surface area contributed by atoms with E-state index in [0.29, 0.717) is 37.7 Å². The number of pyridine rings is 1. The van der Waals surface area contributed by atoms with Gasteiger partial charge in [0.25, 0.3) is 0 Å². The third-order valence-electron chi connectivity index (χ3n) is 3.99. The monoisotopic (exact) mass is 297 g/mol. The Bertz CT molecular complexity index is 776. The van der Waals surface area contributed by atoms with E-state index in [4.69, 9.17) is 4.74 Å². The van der Waals surface area contributed by atoms with Crippen molar-refractivity contribution in [3.05, 3.63) is 48.4 Å². The van der Waals surface area contributed by atoms with Gasteiger partial charge in [-0.25, -0.2) is 4.39 Å². The van der Waals surface area contributed by atoms with E-state index in [9.17, 15) is 4.39 Å². The van der Waals surface area contributed by atoms with Gasteiger partial charge in [0.2, 0.25) is 0 Å². The summed E-state index contributed by atoms with van der Waals surface area (Å²) in [4.78, 5) is 9.67. The van der Waals surface area contributed by atoms with Crippen LogP contribution in [0.1, 0.15) is 0 Å². The lowest BCUT2D eigenvalue weighted by Gasteiger charge is -2.28. The highest BCUT2D eigenvalue weighted by Crippen LogP contribution is 2.26. The van der Waals surface area contributed by atoms with Gasteiger partial charge >= 0.3 is 0 Å². The van der Waals surface area contributed by atoms with E-state index < -0.39 is 0 Å². The van der Waals surface area contributed by atoms with E-state index in [2.05, 4.69) is 9.97 Å². The fraction of sp³-hybridized carbons (Fsp3) is 0.235. The minimum atomic E-state index is -0.245. The predicted octanol–water partition coefficient (Wildman–Crippen LogP) is 3.21. The maximum Gasteiger partial charge on any atom is 0.150 e. The fourth-order valence-corrected chi connectivity index (χ4v) is 2.82. The van der Waals surface area contributed by atoms with Crippen molar-refractivity contribution in [1.29, 1.82) is 0 Å². The highest BCUT2D eigenvalue weighted by molar-refractivity contribution is 5.85. The molecule has 3 heterocycles. The number of nitrogens with one attached hydrogen (secondary N) is 1. The van der Waals surface area contributed by atoms with Crippen LogP contribution in [0.5, 0.6) is 0 Å². The first kappa shape index (κ1) is 13.3. The number of rotatable bonds is 2. The second-order valence-electron chi connectivity index (χ2n) is 5.39. The molecule has 0 atom stereocenters. The zero-order valence-electron chi connectivity index (χ0n) is 12.1. The maximum atomic E-state index is 14.4. The Kier molecular flexibility index (Phi) is 3.27. The van der Waals surface area contributed by atoms with E-state index in [1.54, 1.807) is 6.20 Å². The number of morpholine rings is 1. The van der Waals surface area contributed by atoms with Crippen LogP contribution in [0.2, 0.25) is 0 Å². The summed E-state index contributed by atoms with van der Waals surface area (Å²) in [5.74, 6) is -0.245. The van der Waals surface area contributed by atoms with Crippen molar-refractivity contribution in [3.63, 3.8) is 0 Å². The Hall–Kier alpha value is -2.40. The molecule has 0 saturated carbocycles. The number of hydrogen-bond donors (Lipinski definition) is 1. The summed E-state index contributed by atoms with van der Waals surface area (Å²) in [7, 11) is 0. The van der Waals surface area contributed by atoms with Gasteiger partial charge in [0.15, 0.2) is 0 Å². The summed E-state index contributed by atoms with van der Waals surface area (Å²) < 4.78 is 19.7. The number of nitrogens with zero attached hydrogens (tertiary/aromatic N) is 2. The molecule has 0 radical (unpaired) electrons. The number of aromatic nitrogens is 2. The third kappa shape index (κ3) is 2.33. The number of fused-ring (bicyclic) bond motifs is 1. The molecule has 0 amide bonds. The Morgan fingerprint density at radius 3 is 2.73 bits per heavy atom. The number of hydrogen-bond acceptors (Lipinski definition) is 3. The smallest absolute Gasteiger partial charge is 0.150 e. The summed E-state index contributed by atoms with van der Waals surface area (Å²) in [6.45, 7) is 2.65. The summed E-state index contributed by atoms with van der Waals surface area (Å²) in [6.07, 6.45) is 1.61. The molecular weight excluding hydrogens is 281 g/mol. The zero-order valence-corrected chi connectivity index (χ0v) is 12.1. The molecule has 112 valence electrons. The highest BCUT2D eigenvalue weighted by atomic mass is 19.1. The number of anilines is 1. The van der Waals surface area contributed by atoms with Crippen molar-refractivity contribution in [1.82, 2.24) is 9.97 Å². The Labute approximate surface area is 127 Å². The standard InChI is InChI=1S/C17H16FN3O/c18-13-10-15(16-9-12-3-1-2-4-14(12)20-16)19-11-17(13)21-5-7-22-8-6-21/h1-4,9-11,20H,5-8H2. The summed E-state index contributed by atoms with van der Waals surface area (Å²) >= 11 is 0. The van der Waals surface area contributed by atoms with Gasteiger partial charge in [-0.15, -0.1) is 0 Å². The van der Waals surface area contributed by atoms with Crippen LogP contribution in [-0.4, -0.2) is 36.3 Å². The summed E-state index contributed by atoms with van der Waals surface area (Å²) in [5, 5.41) is 1.09. The molecule has 1 N–H and O–H groups in total. The molecular formula is C17H16FN3O. The summed E-state index contributed by atoms with van der Waals surface area (Å²) in [6, 6.07) is 11.5. The second kappa shape index (κ2) is 5.42. The van der Waals surface area contributed by atoms with Crippen molar-refractivity contribution in [2.75, 3.05) is 31.2 Å². The van der Waals surface area contributed by atoms with E-state index >= 15 is 0 Å². The molecule has 2 aromatic heterocycles. The first-order valence-corrected chi connectivity index (χ1v) is 7.37. The van der Waals surface area contributed by atoms with Crippen molar-refractivity contribution in [2.24, 2.45) is 0 Å². The molecule has 1 aromatic carbocycles. The third-order valence-corrected chi connectivity index (χ3v) is 3.99.